The number of rotatable bonds is 4. The van der Waals surface area contributed by atoms with Crippen LogP contribution in [0.15, 0.2) is 120 Å². The van der Waals surface area contributed by atoms with E-state index < -0.39 is 0 Å². The highest BCUT2D eigenvalue weighted by atomic mass is 79.9. The summed E-state index contributed by atoms with van der Waals surface area (Å²) in [6.07, 6.45) is 4.37. The molecule has 0 amide bonds. The SMILES string of the molecule is C/C=C(Br)\C=C1\c2cc(-c3ccccc3)cc(-c3ccccc3)c2N(c2ccccc2)C1C. The van der Waals surface area contributed by atoms with Gasteiger partial charge in [0.15, 0.2) is 0 Å². The van der Waals surface area contributed by atoms with Gasteiger partial charge in [0, 0.05) is 21.3 Å². The molecule has 0 radical (unpaired) electrons. The smallest absolute Gasteiger partial charge is 0.0573 e. The number of hydrogen-bond acceptors (Lipinski definition) is 1. The quantitative estimate of drug-likeness (QED) is 0.274. The van der Waals surface area contributed by atoms with Crippen LogP contribution in [0.2, 0.25) is 0 Å². The summed E-state index contributed by atoms with van der Waals surface area (Å²) in [6.45, 7) is 4.36. The van der Waals surface area contributed by atoms with Crippen LogP contribution in [0.5, 0.6) is 0 Å². The average Bonchev–Trinajstić information content (AvgIpc) is 3.16. The molecule has 0 spiro atoms. The van der Waals surface area contributed by atoms with Crippen molar-refractivity contribution in [2.75, 3.05) is 4.90 Å². The largest absolute Gasteiger partial charge is 0.333 e. The van der Waals surface area contributed by atoms with Crippen molar-refractivity contribution in [2.45, 2.75) is 19.9 Å². The van der Waals surface area contributed by atoms with E-state index in [1.54, 1.807) is 0 Å². The first-order valence-corrected chi connectivity index (χ1v) is 12.1. The van der Waals surface area contributed by atoms with Gasteiger partial charge in [0.1, 0.15) is 0 Å². The molecule has 5 rings (SSSR count). The van der Waals surface area contributed by atoms with Gasteiger partial charge < -0.3 is 4.90 Å². The van der Waals surface area contributed by atoms with Crippen LogP contribution in [0.25, 0.3) is 27.8 Å². The van der Waals surface area contributed by atoms with Crippen LogP contribution < -0.4 is 4.90 Å². The van der Waals surface area contributed by atoms with E-state index in [0.717, 1.165) is 4.48 Å². The molecule has 0 saturated heterocycles. The first-order chi connectivity index (χ1) is 16.2. The zero-order valence-electron chi connectivity index (χ0n) is 18.9. The monoisotopic (exact) mass is 491 g/mol. The van der Waals surface area contributed by atoms with Gasteiger partial charge in [-0.1, -0.05) is 101 Å². The molecule has 4 aromatic carbocycles. The van der Waals surface area contributed by atoms with Crippen LogP contribution in [0.3, 0.4) is 0 Å². The van der Waals surface area contributed by atoms with Crippen molar-refractivity contribution >= 4 is 32.9 Å². The zero-order valence-corrected chi connectivity index (χ0v) is 20.5. The lowest BCUT2D eigenvalue weighted by Gasteiger charge is -2.27. The molecular formula is C31H26BrN. The Labute approximate surface area is 204 Å². The first-order valence-electron chi connectivity index (χ1n) is 11.3. The number of hydrogen-bond donors (Lipinski definition) is 0. The van der Waals surface area contributed by atoms with E-state index in [-0.39, 0.29) is 6.04 Å². The van der Waals surface area contributed by atoms with Gasteiger partial charge in [-0.2, -0.15) is 0 Å². The Bertz CT molecular complexity index is 1320. The van der Waals surface area contributed by atoms with E-state index in [2.05, 4.69) is 150 Å². The van der Waals surface area contributed by atoms with Gasteiger partial charge in [-0.15, -0.1) is 0 Å². The summed E-state index contributed by atoms with van der Waals surface area (Å²) >= 11 is 3.74. The number of para-hydroxylation sites is 1. The Balaban J connectivity index is 1.85. The van der Waals surface area contributed by atoms with Gasteiger partial charge in [-0.25, -0.2) is 0 Å². The number of anilines is 2. The van der Waals surface area contributed by atoms with Gasteiger partial charge in [0.25, 0.3) is 0 Å². The molecule has 0 aromatic heterocycles. The van der Waals surface area contributed by atoms with Crippen LogP contribution in [0.1, 0.15) is 19.4 Å². The number of nitrogens with zero attached hydrogens (tertiary/aromatic N) is 1. The maximum atomic E-state index is 3.74. The molecule has 162 valence electrons. The molecule has 1 unspecified atom stereocenters. The fraction of sp³-hybridized carbons (Fsp3) is 0.0968. The molecular weight excluding hydrogens is 466 g/mol. The summed E-state index contributed by atoms with van der Waals surface area (Å²) in [6, 6.07) is 37.0. The van der Waals surface area contributed by atoms with Gasteiger partial charge in [-0.3, -0.25) is 0 Å². The Morgan fingerprint density at radius 1 is 0.727 bits per heavy atom. The molecule has 1 nitrogen and oxygen atoms in total. The van der Waals surface area contributed by atoms with Gasteiger partial charge in [0.05, 0.1) is 11.7 Å². The average molecular weight is 492 g/mol. The Morgan fingerprint density at radius 3 is 1.88 bits per heavy atom. The zero-order chi connectivity index (χ0) is 22.8. The molecule has 1 aliphatic heterocycles. The second-order valence-corrected chi connectivity index (χ2v) is 9.22. The maximum Gasteiger partial charge on any atom is 0.0573 e. The minimum absolute atomic E-state index is 0.198. The summed E-state index contributed by atoms with van der Waals surface area (Å²) in [5.41, 5.74) is 10.0. The third-order valence-corrected chi connectivity index (χ3v) is 6.98. The molecule has 4 aromatic rings. The molecule has 33 heavy (non-hydrogen) atoms. The normalized spacial score (nSPS) is 16.8. The maximum absolute atomic E-state index is 3.74. The minimum Gasteiger partial charge on any atom is -0.333 e. The highest BCUT2D eigenvalue weighted by Gasteiger charge is 2.34. The van der Waals surface area contributed by atoms with Crippen molar-refractivity contribution in [1.29, 1.82) is 0 Å². The Kier molecular flexibility index (Phi) is 6.02. The molecule has 0 aliphatic carbocycles. The standard InChI is InChI=1S/C31H26BrN/c1-3-26(32)21-28-22(2)33(27-17-11-6-12-18-27)31-29(24-15-9-5-10-16-24)19-25(20-30(28)31)23-13-7-4-8-14-23/h3-22H,1-2H3/b26-3+,28-21+. The van der Waals surface area contributed by atoms with E-state index in [0.29, 0.717) is 0 Å². The molecule has 1 heterocycles. The number of allylic oxidation sites excluding steroid dienone is 3. The first kappa shape index (κ1) is 21.5. The van der Waals surface area contributed by atoms with E-state index in [9.17, 15) is 0 Å². The Hall–Kier alpha value is -3.36. The molecule has 1 aliphatic rings. The molecule has 0 saturated carbocycles. The van der Waals surface area contributed by atoms with Crippen LogP contribution in [0.4, 0.5) is 11.4 Å². The van der Waals surface area contributed by atoms with Crippen molar-refractivity contribution in [1.82, 2.24) is 0 Å². The fourth-order valence-corrected chi connectivity index (χ4v) is 4.93. The number of fused-ring (bicyclic) bond motifs is 1. The van der Waals surface area contributed by atoms with Gasteiger partial charge in [0.2, 0.25) is 0 Å². The molecule has 0 N–H and O–H groups in total. The summed E-state index contributed by atoms with van der Waals surface area (Å²) in [5, 5.41) is 0. The van der Waals surface area contributed by atoms with Crippen molar-refractivity contribution in [3.8, 4) is 22.3 Å². The van der Waals surface area contributed by atoms with Crippen molar-refractivity contribution in [2.24, 2.45) is 0 Å². The number of benzene rings is 4. The molecule has 0 bridgehead atoms. The summed E-state index contributed by atoms with van der Waals surface area (Å²) in [5.74, 6) is 0. The predicted molar refractivity (Wildman–Crippen MR) is 146 cm³/mol. The van der Waals surface area contributed by atoms with E-state index in [1.165, 1.54) is 44.8 Å². The highest BCUT2D eigenvalue weighted by Crippen LogP contribution is 2.51. The highest BCUT2D eigenvalue weighted by molar-refractivity contribution is 9.11. The second-order valence-electron chi connectivity index (χ2n) is 8.31. The van der Waals surface area contributed by atoms with Crippen molar-refractivity contribution in [3.05, 3.63) is 125 Å². The van der Waals surface area contributed by atoms with Crippen LogP contribution in [0, 0.1) is 0 Å². The van der Waals surface area contributed by atoms with E-state index in [4.69, 9.17) is 0 Å². The molecule has 2 heteroatoms. The lowest BCUT2D eigenvalue weighted by molar-refractivity contribution is 0.917. The second kappa shape index (κ2) is 9.25. The lowest BCUT2D eigenvalue weighted by Crippen LogP contribution is -2.23. The summed E-state index contributed by atoms with van der Waals surface area (Å²) in [7, 11) is 0. The minimum atomic E-state index is 0.198. The third kappa shape index (κ3) is 4.07. The fourth-order valence-electron chi connectivity index (χ4n) is 4.68. The van der Waals surface area contributed by atoms with Crippen LogP contribution in [-0.2, 0) is 0 Å². The lowest BCUT2D eigenvalue weighted by atomic mass is 9.92. The summed E-state index contributed by atoms with van der Waals surface area (Å²) < 4.78 is 1.09. The van der Waals surface area contributed by atoms with E-state index in [1.807, 2.05) is 0 Å². The van der Waals surface area contributed by atoms with Gasteiger partial charge in [-0.05, 0) is 66.5 Å². The molecule has 0 fully saturated rings. The molecule has 1 atom stereocenters. The Morgan fingerprint density at radius 2 is 1.27 bits per heavy atom. The van der Waals surface area contributed by atoms with Crippen LogP contribution in [-0.4, -0.2) is 6.04 Å². The third-order valence-electron chi connectivity index (χ3n) is 6.29. The van der Waals surface area contributed by atoms with Crippen molar-refractivity contribution < 1.29 is 0 Å². The van der Waals surface area contributed by atoms with Gasteiger partial charge >= 0.3 is 0 Å². The number of halogens is 1. The topological polar surface area (TPSA) is 3.24 Å². The van der Waals surface area contributed by atoms with Crippen molar-refractivity contribution in [3.63, 3.8) is 0 Å². The summed E-state index contributed by atoms with van der Waals surface area (Å²) in [4.78, 5) is 2.48. The van der Waals surface area contributed by atoms with Crippen LogP contribution >= 0.6 is 15.9 Å². The van der Waals surface area contributed by atoms with E-state index >= 15 is 0 Å². The predicted octanol–water partition coefficient (Wildman–Crippen LogP) is 9.24.